The number of unbranched alkanes of at least 4 members (excludes halogenated alkanes) is 4. The molecule has 2 nitrogen and oxygen atoms in total. The molecule has 0 saturated heterocycles. The summed E-state index contributed by atoms with van der Waals surface area (Å²) in [6.07, 6.45) is 5.09. The van der Waals surface area contributed by atoms with Gasteiger partial charge < -0.3 is 10.2 Å². The fraction of sp³-hybridized carbons (Fsp3) is 0.429. The van der Waals surface area contributed by atoms with Crippen LogP contribution in [0.1, 0.15) is 37.7 Å². The zero-order valence-electron chi connectivity index (χ0n) is 9.45. The van der Waals surface area contributed by atoms with E-state index in [2.05, 4.69) is 11.8 Å². The molecule has 0 atom stereocenters. The van der Waals surface area contributed by atoms with Gasteiger partial charge >= 0.3 is 0 Å². The minimum Gasteiger partial charge on any atom is -0.508 e. The third-order valence-corrected chi connectivity index (χ3v) is 2.31. The molecular weight excluding hydrogens is 200 g/mol. The Morgan fingerprint density at radius 2 is 1.62 bits per heavy atom. The van der Waals surface area contributed by atoms with Crippen molar-refractivity contribution in [3.8, 4) is 17.6 Å². The molecule has 0 aliphatic carbocycles. The molecule has 1 aromatic carbocycles. The second-order valence-electron chi connectivity index (χ2n) is 3.74. The Kier molecular flexibility index (Phi) is 6.13. The molecular formula is C14H18O2. The fourth-order valence-electron chi connectivity index (χ4n) is 1.39. The van der Waals surface area contributed by atoms with Crippen LogP contribution in [0.25, 0.3) is 0 Å². The summed E-state index contributed by atoms with van der Waals surface area (Å²) in [5.41, 5.74) is 0.938. The van der Waals surface area contributed by atoms with Gasteiger partial charge in [0.05, 0.1) is 0 Å². The lowest BCUT2D eigenvalue weighted by Gasteiger charge is -1.94. The molecule has 2 heteroatoms. The predicted molar refractivity (Wildman–Crippen MR) is 65.2 cm³/mol. The maximum Gasteiger partial charge on any atom is 0.115 e. The zero-order chi connectivity index (χ0) is 11.6. The van der Waals surface area contributed by atoms with Gasteiger partial charge in [-0.25, -0.2) is 0 Å². The normalized spacial score (nSPS) is 9.56. The Morgan fingerprint density at radius 3 is 2.31 bits per heavy atom. The summed E-state index contributed by atoms with van der Waals surface area (Å²) in [5, 5.41) is 17.7. The van der Waals surface area contributed by atoms with E-state index in [0.717, 1.165) is 37.7 Å². The zero-order valence-corrected chi connectivity index (χ0v) is 9.45. The highest BCUT2D eigenvalue weighted by Gasteiger charge is 1.88. The molecule has 0 saturated carbocycles. The van der Waals surface area contributed by atoms with E-state index in [4.69, 9.17) is 10.2 Å². The summed E-state index contributed by atoms with van der Waals surface area (Å²) in [4.78, 5) is 0. The highest BCUT2D eigenvalue weighted by Crippen LogP contribution is 2.08. The van der Waals surface area contributed by atoms with Crippen LogP contribution in [0.2, 0.25) is 0 Å². The average Bonchev–Trinajstić information content (AvgIpc) is 2.30. The predicted octanol–water partition coefficient (Wildman–Crippen LogP) is 2.69. The Balaban J connectivity index is 2.20. The van der Waals surface area contributed by atoms with E-state index in [1.54, 1.807) is 12.1 Å². The summed E-state index contributed by atoms with van der Waals surface area (Å²) in [5.74, 6) is 6.43. The molecule has 2 N–H and O–H groups in total. The molecule has 0 aliphatic heterocycles. The third-order valence-electron chi connectivity index (χ3n) is 2.31. The number of aliphatic hydroxyl groups is 1. The molecule has 0 heterocycles. The van der Waals surface area contributed by atoms with Gasteiger partial charge in [0.1, 0.15) is 5.75 Å². The standard InChI is InChI=1S/C14H18O2/c15-12-6-4-2-1-3-5-7-13-8-10-14(16)11-9-13/h8-11,15-16H,1-4,6,12H2. The van der Waals surface area contributed by atoms with Crippen LogP contribution in [0.3, 0.4) is 0 Å². The molecule has 0 aromatic heterocycles. The molecule has 0 bridgehead atoms. The van der Waals surface area contributed by atoms with Crippen LogP contribution >= 0.6 is 0 Å². The van der Waals surface area contributed by atoms with Crippen LogP contribution in [0.5, 0.6) is 5.75 Å². The van der Waals surface area contributed by atoms with E-state index < -0.39 is 0 Å². The van der Waals surface area contributed by atoms with Crippen molar-refractivity contribution in [3.63, 3.8) is 0 Å². The number of phenols is 1. The van der Waals surface area contributed by atoms with Gasteiger partial charge in [-0.15, -0.1) is 0 Å². The lowest BCUT2D eigenvalue weighted by molar-refractivity contribution is 0.282. The Morgan fingerprint density at radius 1 is 0.938 bits per heavy atom. The van der Waals surface area contributed by atoms with E-state index in [-0.39, 0.29) is 5.75 Å². The maximum absolute atomic E-state index is 9.08. The van der Waals surface area contributed by atoms with Gasteiger partial charge in [0.25, 0.3) is 0 Å². The molecule has 0 unspecified atom stereocenters. The van der Waals surface area contributed by atoms with Crippen molar-refractivity contribution in [1.82, 2.24) is 0 Å². The van der Waals surface area contributed by atoms with Gasteiger partial charge in [-0.05, 0) is 37.1 Å². The first-order valence-corrected chi connectivity index (χ1v) is 5.71. The lowest BCUT2D eigenvalue weighted by atomic mass is 10.1. The number of aromatic hydroxyl groups is 1. The van der Waals surface area contributed by atoms with Crippen LogP contribution in [0, 0.1) is 11.8 Å². The summed E-state index contributed by atoms with van der Waals surface area (Å²) >= 11 is 0. The van der Waals surface area contributed by atoms with Crippen molar-refractivity contribution in [2.24, 2.45) is 0 Å². The molecule has 1 aromatic rings. The van der Waals surface area contributed by atoms with Gasteiger partial charge in [0.2, 0.25) is 0 Å². The topological polar surface area (TPSA) is 40.5 Å². The van der Waals surface area contributed by atoms with E-state index in [0.29, 0.717) is 6.61 Å². The van der Waals surface area contributed by atoms with Gasteiger partial charge in [0, 0.05) is 18.6 Å². The van der Waals surface area contributed by atoms with Gasteiger partial charge in [0.15, 0.2) is 0 Å². The summed E-state index contributed by atoms with van der Waals surface area (Å²) in [6.45, 7) is 0.291. The van der Waals surface area contributed by atoms with Crippen LogP contribution in [0.4, 0.5) is 0 Å². The second-order valence-corrected chi connectivity index (χ2v) is 3.74. The maximum atomic E-state index is 9.08. The fourth-order valence-corrected chi connectivity index (χ4v) is 1.39. The Labute approximate surface area is 96.9 Å². The van der Waals surface area contributed by atoms with Gasteiger partial charge in [-0.2, -0.15) is 0 Å². The quantitative estimate of drug-likeness (QED) is 0.589. The molecule has 0 spiro atoms. The van der Waals surface area contributed by atoms with E-state index in [1.165, 1.54) is 0 Å². The van der Waals surface area contributed by atoms with Crippen molar-refractivity contribution in [3.05, 3.63) is 29.8 Å². The number of hydrogen-bond donors (Lipinski definition) is 2. The molecule has 0 aliphatic rings. The molecule has 0 amide bonds. The molecule has 0 fully saturated rings. The smallest absolute Gasteiger partial charge is 0.115 e. The minimum atomic E-state index is 0.273. The SMILES string of the molecule is OCCCCCCC#Cc1ccc(O)cc1. The number of phenolic OH excluding ortho intramolecular Hbond substituents is 1. The number of rotatable bonds is 5. The van der Waals surface area contributed by atoms with Crippen LogP contribution in [-0.2, 0) is 0 Å². The molecule has 0 radical (unpaired) electrons. The first kappa shape index (κ1) is 12.6. The monoisotopic (exact) mass is 218 g/mol. The average molecular weight is 218 g/mol. The van der Waals surface area contributed by atoms with Gasteiger partial charge in [-0.1, -0.05) is 24.7 Å². The van der Waals surface area contributed by atoms with Crippen LogP contribution in [0.15, 0.2) is 24.3 Å². The third kappa shape index (κ3) is 5.43. The van der Waals surface area contributed by atoms with Crippen molar-refractivity contribution < 1.29 is 10.2 Å². The minimum absolute atomic E-state index is 0.273. The summed E-state index contributed by atoms with van der Waals surface area (Å²) < 4.78 is 0. The first-order chi connectivity index (χ1) is 7.83. The van der Waals surface area contributed by atoms with Crippen molar-refractivity contribution >= 4 is 0 Å². The van der Waals surface area contributed by atoms with E-state index in [1.807, 2.05) is 12.1 Å². The highest BCUT2D eigenvalue weighted by atomic mass is 16.3. The Bertz CT molecular complexity index is 343. The van der Waals surface area contributed by atoms with E-state index in [9.17, 15) is 0 Å². The van der Waals surface area contributed by atoms with Crippen LogP contribution in [-0.4, -0.2) is 16.8 Å². The van der Waals surface area contributed by atoms with Gasteiger partial charge in [-0.3, -0.25) is 0 Å². The molecule has 1 rings (SSSR count). The highest BCUT2D eigenvalue weighted by molar-refractivity contribution is 5.37. The number of aliphatic hydroxyl groups excluding tert-OH is 1. The number of benzene rings is 1. The first-order valence-electron chi connectivity index (χ1n) is 5.71. The van der Waals surface area contributed by atoms with Crippen molar-refractivity contribution in [1.29, 1.82) is 0 Å². The molecule has 16 heavy (non-hydrogen) atoms. The summed E-state index contributed by atoms with van der Waals surface area (Å²) in [7, 11) is 0. The lowest BCUT2D eigenvalue weighted by Crippen LogP contribution is -1.82. The van der Waals surface area contributed by atoms with E-state index >= 15 is 0 Å². The number of hydrogen-bond acceptors (Lipinski definition) is 2. The summed E-state index contributed by atoms with van der Waals surface area (Å²) in [6, 6.07) is 6.92. The Hall–Kier alpha value is -1.46. The second kappa shape index (κ2) is 7.78. The largest absolute Gasteiger partial charge is 0.508 e. The van der Waals surface area contributed by atoms with Crippen molar-refractivity contribution in [2.45, 2.75) is 32.1 Å². The van der Waals surface area contributed by atoms with Crippen LogP contribution < -0.4 is 0 Å². The van der Waals surface area contributed by atoms with Crippen molar-refractivity contribution in [2.75, 3.05) is 6.61 Å². The molecule has 86 valence electrons.